The molecule has 0 bridgehead atoms. The number of hydrogen-bond acceptors (Lipinski definition) is 4. The highest BCUT2D eigenvalue weighted by Gasteiger charge is 2.65. The number of carbonyl (C=O) groups is 3. The molecule has 5 rings (SSSR count). The third-order valence-electron chi connectivity index (χ3n) is 7.96. The smallest absolute Gasteiger partial charge is 0.407 e. The number of aliphatic carboxylic acids is 1. The van der Waals surface area contributed by atoms with Crippen LogP contribution in [-0.2, 0) is 14.3 Å². The highest BCUT2D eigenvalue weighted by Crippen LogP contribution is 2.63. The van der Waals surface area contributed by atoms with Gasteiger partial charge in [-0.25, -0.2) is 4.79 Å². The molecule has 2 aromatic rings. The molecule has 2 saturated carbocycles. The number of benzene rings is 2. The largest absolute Gasteiger partial charge is 0.481 e. The minimum absolute atomic E-state index is 0.00578. The molecule has 0 unspecified atom stereocenters. The molecule has 7 heteroatoms. The number of nitrogens with one attached hydrogen (secondary N) is 2. The van der Waals surface area contributed by atoms with Gasteiger partial charge in [0.2, 0.25) is 5.91 Å². The van der Waals surface area contributed by atoms with Crippen molar-refractivity contribution in [3.63, 3.8) is 0 Å². The molecule has 0 aromatic heterocycles. The van der Waals surface area contributed by atoms with Crippen molar-refractivity contribution in [3.05, 3.63) is 59.7 Å². The van der Waals surface area contributed by atoms with E-state index in [1.807, 2.05) is 38.1 Å². The Morgan fingerprint density at radius 2 is 1.66 bits per heavy atom. The van der Waals surface area contributed by atoms with E-state index in [-0.39, 0.29) is 36.8 Å². The second-order valence-corrected chi connectivity index (χ2v) is 10.9. The predicted octanol–water partition coefficient (Wildman–Crippen LogP) is 4.45. The summed E-state index contributed by atoms with van der Waals surface area (Å²) in [5.41, 5.74) is 3.44. The van der Waals surface area contributed by atoms with Gasteiger partial charge >= 0.3 is 12.1 Å². The van der Waals surface area contributed by atoms with Crippen LogP contribution >= 0.6 is 0 Å². The number of fused-ring (bicyclic) bond motifs is 4. The van der Waals surface area contributed by atoms with Crippen LogP contribution in [0.3, 0.4) is 0 Å². The lowest BCUT2D eigenvalue weighted by molar-refractivity contribution is -0.143. The Kier molecular flexibility index (Phi) is 5.82. The van der Waals surface area contributed by atoms with E-state index in [2.05, 4.69) is 34.9 Å². The molecule has 3 N–H and O–H groups in total. The zero-order valence-electron chi connectivity index (χ0n) is 20.2. The van der Waals surface area contributed by atoms with Crippen molar-refractivity contribution >= 4 is 18.0 Å². The maximum absolute atomic E-state index is 12.6. The summed E-state index contributed by atoms with van der Waals surface area (Å²) in [5.74, 6) is -0.669. The van der Waals surface area contributed by atoms with Crippen molar-refractivity contribution in [2.24, 2.45) is 11.3 Å². The fraction of sp³-hybridized carbons (Fsp3) is 0.464. The van der Waals surface area contributed by atoms with Crippen LogP contribution in [0.15, 0.2) is 48.5 Å². The summed E-state index contributed by atoms with van der Waals surface area (Å²) in [4.78, 5) is 36.5. The van der Waals surface area contributed by atoms with Crippen molar-refractivity contribution in [2.45, 2.75) is 63.5 Å². The molecule has 2 aromatic carbocycles. The minimum Gasteiger partial charge on any atom is -0.481 e. The number of carboxylic acids is 1. The third kappa shape index (κ3) is 4.51. The summed E-state index contributed by atoms with van der Waals surface area (Å²) in [5, 5.41) is 15.3. The highest BCUT2D eigenvalue weighted by atomic mass is 16.5. The Labute approximate surface area is 205 Å². The van der Waals surface area contributed by atoms with Crippen LogP contribution in [0.2, 0.25) is 0 Å². The highest BCUT2D eigenvalue weighted by molar-refractivity contribution is 5.81. The molecule has 184 valence electrons. The van der Waals surface area contributed by atoms with Gasteiger partial charge in [0, 0.05) is 23.9 Å². The Morgan fingerprint density at radius 1 is 1.03 bits per heavy atom. The molecule has 2 fully saturated rings. The van der Waals surface area contributed by atoms with Crippen LogP contribution in [0.5, 0.6) is 0 Å². The molecule has 3 aliphatic rings. The third-order valence-corrected chi connectivity index (χ3v) is 7.96. The zero-order valence-corrected chi connectivity index (χ0v) is 20.2. The molecule has 0 radical (unpaired) electrons. The summed E-state index contributed by atoms with van der Waals surface area (Å²) >= 11 is 0. The maximum atomic E-state index is 12.6. The lowest BCUT2D eigenvalue weighted by atomic mass is 9.97. The number of rotatable bonds is 8. The van der Waals surface area contributed by atoms with E-state index in [0.29, 0.717) is 12.8 Å². The maximum Gasteiger partial charge on any atom is 0.407 e. The Morgan fingerprint density at radius 3 is 2.26 bits per heavy atom. The first kappa shape index (κ1) is 23.4. The van der Waals surface area contributed by atoms with Gasteiger partial charge in [0.15, 0.2) is 0 Å². The summed E-state index contributed by atoms with van der Waals surface area (Å²) in [7, 11) is 0. The van der Waals surface area contributed by atoms with Gasteiger partial charge in [-0.05, 0) is 67.7 Å². The SMILES string of the molecule is CC(C)(CCC(=O)N[C@@H]1C[C@H]2C[C@@]2(C(=O)O)C1)NC(=O)OCC1c2ccccc2-c2ccccc21. The van der Waals surface area contributed by atoms with E-state index in [0.717, 1.165) is 24.0 Å². The van der Waals surface area contributed by atoms with Gasteiger partial charge in [0.1, 0.15) is 6.61 Å². The van der Waals surface area contributed by atoms with Gasteiger partial charge < -0.3 is 20.5 Å². The quantitative estimate of drug-likeness (QED) is 0.522. The van der Waals surface area contributed by atoms with Gasteiger partial charge in [-0.15, -0.1) is 0 Å². The van der Waals surface area contributed by atoms with Crippen LogP contribution < -0.4 is 10.6 Å². The van der Waals surface area contributed by atoms with E-state index in [1.165, 1.54) is 11.1 Å². The van der Waals surface area contributed by atoms with Crippen molar-refractivity contribution in [1.29, 1.82) is 0 Å². The van der Waals surface area contributed by atoms with Crippen LogP contribution in [0, 0.1) is 11.3 Å². The van der Waals surface area contributed by atoms with Crippen molar-refractivity contribution in [2.75, 3.05) is 6.61 Å². The molecule has 0 aliphatic heterocycles. The number of ether oxygens (including phenoxy) is 1. The lowest BCUT2D eigenvalue weighted by Gasteiger charge is -2.26. The van der Waals surface area contributed by atoms with Crippen LogP contribution in [0.25, 0.3) is 11.1 Å². The number of alkyl carbamates (subject to hydrolysis) is 1. The van der Waals surface area contributed by atoms with Crippen molar-refractivity contribution < 1.29 is 24.2 Å². The standard InChI is InChI=1S/C28H32N2O5/c1-27(2,12-11-24(31)29-18-13-17-14-28(17,15-18)25(32)33)30-26(34)35-16-23-21-9-5-3-7-19(21)20-8-4-6-10-22(20)23/h3-10,17-18,23H,11-16H2,1-2H3,(H,29,31)(H,30,34)(H,32,33)/t17-,18+,28+/m0/s1. The van der Waals surface area contributed by atoms with Gasteiger partial charge in [0.25, 0.3) is 0 Å². The summed E-state index contributed by atoms with van der Waals surface area (Å²) < 4.78 is 5.63. The molecular formula is C28H32N2O5. The summed E-state index contributed by atoms with van der Waals surface area (Å²) in [6, 6.07) is 16.3. The van der Waals surface area contributed by atoms with Crippen molar-refractivity contribution in [3.8, 4) is 11.1 Å². The molecule has 7 nitrogen and oxygen atoms in total. The number of hydrogen-bond donors (Lipinski definition) is 3. The van der Waals surface area contributed by atoms with Gasteiger partial charge in [-0.1, -0.05) is 48.5 Å². The molecular weight excluding hydrogens is 444 g/mol. The van der Waals surface area contributed by atoms with Crippen LogP contribution in [0.4, 0.5) is 4.79 Å². The molecule has 3 atom stereocenters. The summed E-state index contributed by atoms with van der Waals surface area (Å²) in [6.45, 7) is 3.97. The van der Waals surface area contributed by atoms with Gasteiger partial charge in [-0.2, -0.15) is 0 Å². The molecule has 0 spiro atoms. The first-order valence-electron chi connectivity index (χ1n) is 12.3. The Hall–Kier alpha value is -3.35. The van der Waals surface area contributed by atoms with Crippen LogP contribution in [-0.4, -0.2) is 41.3 Å². The Balaban J connectivity index is 1.09. The Bertz CT molecular complexity index is 1130. The first-order valence-corrected chi connectivity index (χ1v) is 12.3. The molecule has 35 heavy (non-hydrogen) atoms. The van der Waals surface area contributed by atoms with E-state index >= 15 is 0 Å². The molecule has 2 amide bonds. The second-order valence-electron chi connectivity index (χ2n) is 10.9. The fourth-order valence-electron chi connectivity index (χ4n) is 5.96. The monoisotopic (exact) mass is 476 g/mol. The van der Waals surface area contributed by atoms with Crippen molar-refractivity contribution in [1.82, 2.24) is 10.6 Å². The fourth-order valence-corrected chi connectivity index (χ4v) is 5.96. The molecule has 0 heterocycles. The molecule has 3 aliphatic carbocycles. The first-order chi connectivity index (χ1) is 16.7. The molecule has 0 saturated heterocycles. The average molecular weight is 477 g/mol. The second kappa shape index (κ2) is 8.70. The number of amides is 2. The van der Waals surface area contributed by atoms with Gasteiger partial charge in [0.05, 0.1) is 5.41 Å². The lowest BCUT2D eigenvalue weighted by Crippen LogP contribution is -2.45. The van der Waals surface area contributed by atoms with E-state index in [4.69, 9.17) is 4.74 Å². The normalized spacial score (nSPS) is 24.2. The van der Waals surface area contributed by atoms with Crippen LogP contribution in [0.1, 0.15) is 63.0 Å². The summed E-state index contributed by atoms with van der Waals surface area (Å²) in [6.07, 6.45) is 2.17. The topological polar surface area (TPSA) is 105 Å². The van der Waals surface area contributed by atoms with E-state index < -0.39 is 23.0 Å². The number of carboxylic acid groups (broad SMARTS) is 1. The minimum atomic E-state index is -0.743. The van der Waals surface area contributed by atoms with E-state index in [1.54, 1.807) is 0 Å². The van der Waals surface area contributed by atoms with E-state index in [9.17, 15) is 19.5 Å². The average Bonchev–Trinajstić information content (AvgIpc) is 3.25. The predicted molar refractivity (Wildman–Crippen MR) is 131 cm³/mol. The van der Waals surface area contributed by atoms with Gasteiger partial charge in [-0.3, -0.25) is 9.59 Å². The number of carbonyl (C=O) groups excluding carboxylic acids is 2. The zero-order chi connectivity index (χ0) is 24.8.